The van der Waals surface area contributed by atoms with Crippen LogP contribution in [0.2, 0.25) is 10.3 Å². The number of aromatic nitrogens is 4. The van der Waals surface area contributed by atoms with E-state index in [-0.39, 0.29) is 10.2 Å². The Morgan fingerprint density at radius 3 is 2.33 bits per heavy atom. The largest absolute Gasteiger partial charge is 0.365 e. The topological polar surface area (TPSA) is 110 Å². The Balaban J connectivity index is 1.72. The molecule has 30 heavy (non-hydrogen) atoms. The monoisotopic (exact) mass is 463 g/mol. The molecule has 0 unspecified atom stereocenters. The molecule has 0 aliphatic heterocycles. The normalized spacial score (nSPS) is 11.7. The minimum absolute atomic E-state index is 0.0670. The third-order valence-corrected chi connectivity index (χ3v) is 5.74. The van der Waals surface area contributed by atoms with Crippen molar-refractivity contribution in [3.8, 4) is 11.3 Å². The quantitative estimate of drug-likeness (QED) is 0.337. The predicted molar refractivity (Wildman–Crippen MR) is 115 cm³/mol. The zero-order chi connectivity index (χ0) is 21.5. The standard InChI is InChI=1S/C19H15Cl2N5O3S/c1-26-18-15(16(25-26)12-4-6-13(20)7-5-12)17(23-19(21)24-18)22-10-11-2-8-14(9-3-11)30(27,28)29/h2-9H,10H2,1H3,(H,22,23,24)(H,27,28,29). The molecule has 2 aromatic carbocycles. The molecular formula is C19H15Cl2N5O3S. The minimum Gasteiger partial charge on any atom is -0.365 e. The van der Waals surface area contributed by atoms with Crippen LogP contribution < -0.4 is 5.32 Å². The number of nitrogens with one attached hydrogen (secondary N) is 1. The molecule has 0 aliphatic carbocycles. The molecule has 0 aliphatic rings. The fourth-order valence-electron chi connectivity index (χ4n) is 3.02. The SMILES string of the molecule is Cn1nc(-c2ccc(Cl)cc2)c2c(NCc3ccc(S(=O)(=O)O)cc3)nc(Cl)nc21. The fourth-order valence-corrected chi connectivity index (χ4v) is 3.80. The van der Waals surface area contributed by atoms with Crippen molar-refractivity contribution in [2.45, 2.75) is 11.4 Å². The molecule has 0 radical (unpaired) electrons. The van der Waals surface area contributed by atoms with Gasteiger partial charge in [-0.05, 0) is 41.4 Å². The van der Waals surface area contributed by atoms with E-state index in [0.29, 0.717) is 34.1 Å². The van der Waals surface area contributed by atoms with Crippen LogP contribution in [0.15, 0.2) is 53.4 Å². The van der Waals surface area contributed by atoms with E-state index < -0.39 is 10.1 Å². The van der Waals surface area contributed by atoms with Gasteiger partial charge >= 0.3 is 0 Å². The lowest BCUT2D eigenvalue weighted by Crippen LogP contribution is -2.04. The highest BCUT2D eigenvalue weighted by Gasteiger charge is 2.18. The Bertz CT molecular complexity index is 1340. The van der Waals surface area contributed by atoms with E-state index in [1.807, 2.05) is 12.1 Å². The smallest absolute Gasteiger partial charge is 0.294 e. The Morgan fingerprint density at radius 1 is 1.03 bits per heavy atom. The molecule has 8 nitrogen and oxygen atoms in total. The van der Waals surface area contributed by atoms with E-state index in [0.717, 1.165) is 11.1 Å². The molecule has 2 aromatic heterocycles. The van der Waals surface area contributed by atoms with Crippen molar-refractivity contribution >= 4 is 50.2 Å². The maximum absolute atomic E-state index is 11.2. The van der Waals surface area contributed by atoms with Crippen LogP contribution in [0.25, 0.3) is 22.3 Å². The summed E-state index contributed by atoms with van der Waals surface area (Å²) in [5.74, 6) is 0.488. The molecule has 0 amide bonds. The summed E-state index contributed by atoms with van der Waals surface area (Å²) >= 11 is 12.1. The van der Waals surface area contributed by atoms with Gasteiger partial charge in [0.05, 0.1) is 10.3 Å². The Labute approximate surface area is 182 Å². The number of anilines is 1. The van der Waals surface area contributed by atoms with Crippen LogP contribution in [-0.2, 0) is 23.7 Å². The highest BCUT2D eigenvalue weighted by atomic mass is 35.5. The molecule has 0 atom stereocenters. The molecule has 0 spiro atoms. The summed E-state index contributed by atoms with van der Waals surface area (Å²) in [6.07, 6.45) is 0. The van der Waals surface area contributed by atoms with Crippen molar-refractivity contribution in [2.75, 3.05) is 5.32 Å². The lowest BCUT2D eigenvalue weighted by atomic mass is 10.1. The van der Waals surface area contributed by atoms with Gasteiger partial charge < -0.3 is 5.32 Å². The van der Waals surface area contributed by atoms with Crippen LogP contribution in [0.1, 0.15) is 5.56 Å². The van der Waals surface area contributed by atoms with Crippen LogP contribution in [0.5, 0.6) is 0 Å². The maximum Gasteiger partial charge on any atom is 0.294 e. The second-order valence-electron chi connectivity index (χ2n) is 6.49. The van der Waals surface area contributed by atoms with Crippen molar-refractivity contribution in [2.24, 2.45) is 7.05 Å². The average molecular weight is 464 g/mol. The van der Waals surface area contributed by atoms with Gasteiger partial charge in [-0.25, -0.2) is 4.68 Å². The van der Waals surface area contributed by atoms with Gasteiger partial charge in [0.25, 0.3) is 10.1 Å². The first kappa shape index (κ1) is 20.5. The molecule has 0 bridgehead atoms. The molecule has 11 heteroatoms. The van der Waals surface area contributed by atoms with Crippen LogP contribution in [0.4, 0.5) is 5.82 Å². The zero-order valence-electron chi connectivity index (χ0n) is 15.5. The highest BCUT2D eigenvalue weighted by molar-refractivity contribution is 7.85. The van der Waals surface area contributed by atoms with Gasteiger partial charge in [-0.15, -0.1) is 0 Å². The van der Waals surface area contributed by atoms with Gasteiger partial charge in [-0.2, -0.15) is 23.5 Å². The number of rotatable bonds is 5. The molecular weight excluding hydrogens is 449 g/mol. The highest BCUT2D eigenvalue weighted by Crippen LogP contribution is 2.33. The van der Waals surface area contributed by atoms with Gasteiger partial charge in [0.2, 0.25) is 5.28 Å². The molecule has 0 saturated carbocycles. The summed E-state index contributed by atoms with van der Waals surface area (Å²) in [6.45, 7) is 0.336. The van der Waals surface area contributed by atoms with Crippen molar-refractivity contribution in [3.05, 3.63) is 64.4 Å². The van der Waals surface area contributed by atoms with Crippen LogP contribution >= 0.6 is 23.2 Å². The van der Waals surface area contributed by atoms with Gasteiger partial charge in [0, 0.05) is 24.2 Å². The summed E-state index contributed by atoms with van der Waals surface area (Å²) < 4.78 is 33.1. The van der Waals surface area contributed by atoms with E-state index in [2.05, 4.69) is 20.4 Å². The molecule has 0 fully saturated rings. The number of aryl methyl sites for hydroxylation is 1. The first-order chi connectivity index (χ1) is 14.2. The van der Waals surface area contributed by atoms with E-state index in [1.54, 1.807) is 36.0 Å². The number of hydrogen-bond donors (Lipinski definition) is 2. The number of benzene rings is 2. The third kappa shape index (κ3) is 4.10. The van der Waals surface area contributed by atoms with Crippen LogP contribution in [-0.4, -0.2) is 32.7 Å². The molecule has 2 heterocycles. The molecule has 2 N–H and O–H groups in total. The van der Waals surface area contributed by atoms with Gasteiger partial charge in [-0.3, -0.25) is 4.55 Å². The fraction of sp³-hybridized carbons (Fsp3) is 0.105. The minimum atomic E-state index is -4.24. The van der Waals surface area contributed by atoms with E-state index >= 15 is 0 Å². The average Bonchev–Trinajstić information content (AvgIpc) is 3.03. The second kappa shape index (κ2) is 7.84. The second-order valence-corrected chi connectivity index (χ2v) is 8.69. The first-order valence-corrected chi connectivity index (χ1v) is 10.9. The first-order valence-electron chi connectivity index (χ1n) is 8.69. The molecule has 4 aromatic rings. The Kier molecular flexibility index (Phi) is 5.37. The maximum atomic E-state index is 11.2. The third-order valence-electron chi connectivity index (χ3n) is 4.45. The van der Waals surface area contributed by atoms with E-state index in [4.69, 9.17) is 27.8 Å². The number of hydrogen-bond acceptors (Lipinski definition) is 6. The van der Waals surface area contributed by atoms with Gasteiger partial charge in [0.1, 0.15) is 11.5 Å². The van der Waals surface area contributed by atoms with Crippen molar-refractivity contribution in [1.29, 1.82) is 0 Å². The van der Waals surface area contributed by atoms with Crippen molar-refractivity contribution in [3.63, 3.8) is 0 Å². The summed E-state index contributed by atoms with van der Waals surface area (Å²) in [4.78, 5) is 8.44. The summed E-state index contributed by atoms with van der Waals surface area (Å²) in [7, 11) is -2.47. The number of fused-ring (bicyclic) bond motifs is 1. The molecule has 154 valence electrons. The van der Waals surface area contributed by atoms with Gasteiger partial charge in [0.15, 0.2) is 5.65 Å². The Morgan fingerprint density at radius 2 is 1.70 bits per heavy atom. The molecule has 0 saturated heterocycles. The van der Waals surface area contributed by atoms with Gasteiger partial charge in [-0.1, -0.05) is 35.9 Å². The molecule has 4 rings (SSSR count). The van der Waals surface area contributed by atoms with Crippen molar-refractivity contribution in [1.82, 2.24) is 19.7 Å². The lowest BCUT2D eigenvalue weighted by Gasteiger charge is -2.09. The number of halogens is 2. The van der Waals surface area contributed by atoms with E-state index in [1.165, 1.54) is 12.1 Å². The van der Waals surface area contributed by atoms with Crippen LogP contribution in [0, 0.1) is 0 Å². The lowest BCUT2D eigenvalue weighted by molar-refractivity contribution is 0.483. The predicted octanol–water partition coefficient (Wildman–Crippen LogP) is 4.20. The summed E-state index contributed by atoms with van der Waals surface area (Å²) in [5.41, 5.74) is 2.85. The summed E-state index contributed by atoms with van der Waals surface area (Å²) in [5, 5.41) is 9.15. The zero-order valence-corrected chi connectivity index (χ0v) is 17.9. The van der Waals surface area contributed by atoms with E-state index in [9.17, 15) is 8.42 Å². The van der Waals surface area contributed by atoms with Crippen molar-refractivity contribution < 1.29 is 13.0 Å². The number of nitrogens with zero attached hydrogens (tertiary/aromatic N) is 4. The summed E-state index contributed by atoms with van der Waals surface area (Å²) in [6, 6.07) is 13.1. The van der Waals surface area contributed by atoms with Crippen LogP contribution in [0.3, 0.4) is 0 Å². The Hall–Kier alpha value is -2.72.